The van der Waals surface area contributed by atoms with Crippen molar-refractivity contribution in [1.82, 2.24) is 0 Å². The van der Waals surface area contributed by atoms with Crippen molar-refractivity contribution in [3.05, 3.63) is 12.2 Å². The molecule has 0 saturated heterocycles. The molecule has 0 saturated carbocycles. The molecular formula is C21H13F27O3. The van der Waals surface area contributed by atoms with Crippen LogP contribution in [0.1, 0.15) is 19.8 Å². The number of halogens is 27. The molecule has 3 nitrogen and oxygen atoms in total. The van der Waals surface area contributed by atoms with Gasteiger partial charge in [-0.3, -0.25) is 0 Å². The van der Waals surface area contributed by atoms with Gasteiger partial charge in [-0.2, -0.15) is 114 Å². The van der Waals surface area contributed by atoms with Gasteiger partial charge in [-0.25, -0.2) is 9.18 Å². The molecule has 1 N–H and O–H groups in total. The van der Waals surface area contributed by atoms with Crippen molar-refractivity contribution in [2.24, 2.45) is 0 Å². The first-order valence-electron chi connectivity index (χ1n) is 11.8. The van der Waals surface area contributed by atoms with Gasteiger partial charge in [-0.15, -0.1) is 0 Å². The Hall–Kier alpha value is -2.72. The van der Waals surface area contributed by atoms with E-state index < -0.39 is 114 Å². The van der Waals surface area contributed by atoms with Crippen LogP contribution in [-0.4, -0.2) is 101 Å². The molecule has 0 bridgehead atoms. The van der Waals surface area contributed by atoms with Crippen LogP contribution in [0, 0.1) is 0 Å². The fourth-order valence-corrected chi connectivity index (χ4v) is 3.28. The molecule has 0 amide bonds. The third-order valence-electron chi connectivity index (χ3n) is 6.43. The fraction of sp³-hybridized carbons (Fsp3) is 0.857. The Morgan fingerprint density at radius 3 is 1.00 bits per heavy atom. The second-order valence-electron chi connectivity index (χ2n) is 10.1. The highest BCUT2D eigenvalue weighted by Crippen LogP contribution is 2.69. The van der Waals surface area contributed by atoms with Gasteiger partial charge >= 0.3 is 83.2 Å². The molecule has 0 heterocycles. The molecule has 1 unspecified atom stereocenters. The van der Waals surface area contributed by atoms with E-state index in [4.69, 9.17) is 5.11 Å². The lowest BCUT2D eigenvalue weighted by Gasteiger charge is -2.46. The van der Waals surface area contributed by atoms with E-state index in [-0.39, 0.29) is 0 Å². The van der Waals surface area contributed by atoms with Crippen LogP contribution in [0.5, 0.6) is 0 Å². The van der Waals surface area contributed by atoms with Crippen molar-refractivity contribution < 1.29 is 133 Å². The van der Waals surface area contributed by atoms with Crippen LogP contribution in [0.15, 0.2) is 12.2 Å². The van der Waals surface area contributed by atoms with Crippen molar-refractivity contribution in [3.63, 3.8) is 0 Å². The van der Waals surface area contributed by atoms with Gasteiger partial charge in [0.25, 0.3) is 0 Å². The molecule has 0 aliphatic heterocycles. The lowest BCUT2D eigenvalue weighted by atomic mass is 9.81. The summed E-state index contributed by atoms with van der Waals surface area (Å²) in [6.45, 7) is 1.90. The summed E-state index contributed by atoms with van der Waals surface area (Å²) >= 11 is 0. The van der Waals surface area contributed by atoms with E-state index in [1.807, 2.05) is 0 Å². The van der Waals surface area contributed by atoms with Gasteiger partial charge in [-0.1, -0.05) is 6.58 Å². The van der Waals surface area contributed by atoms with Crippen LogP contribution in [0.2, 0.25) is 0 Å². The Labute approximate surface area is 262 Å². The van der Waals surface area contributed by atoms with E-state index in [0.717, 1.165) is 6.92 Å². The van der Waals surface area contributed by atoms with Crippen LogP contribution in [-0.2, 0) is 9.53 Å². The normalized spacial score (nSPS) is 16.6. The summed E-state index contributed by atoms with van der Waals surface area (Å²) in [7, 11) is 0. The summed E-state index contributed by atoms with van der Waals surface area (Å²) in [5.41, 5.74) is -9.93. The molecule has 0 aliphatic rings. The highest BCUT2D eigenvalue weighted by molar-refractivity contribution is 5.87. The van der Waals surface area contributed by atoms with Gasteiger partial charge in [0.2, 0.25) is 0 Å². The second kappa shape index (κ2) is 13.0. The maximum Gasteiger partial charge on any atom is 0.438 e. The Morgan fingerprint density at radius 2 is 0.765 bits per heavy atom. The maximum absolute atomic E-state index is 14.0. The number of aliphatic hydroxyl groups excluding tert-OH is 1. The van der Waals surface area contributed by atoms with Crippen LogP contribution in [0.25, 0.3) is 0 Å². The second-order valence-corrected chi connectivity index (χ2v) is 10.1. The molecule has 0 fully saturated rings. The van der Waals surface area contributed by atoms with Crippen molar-refractivity contribution in [3.8, 4) is 0 Å². The Morgan fingerprint density at radius 1 is 0.510 bits per heavy atom. The Balaban J connectivity index is 7.30. The molecule has 51 heavy (non-hydrogen) atoms. The fourth-order valence-electron chi connectivity index (χ4n) is 3.28. The van der Waals surface area contributed by atoms with E-state index in [9.17, 15) is 123 Å². The highest BCUT2D eigenvalue weighted by atomic mass is 19.4. The first-order valence-corrected chi connectivity index (χ1v) is 11.8. The molecule has 304 valence electrons. The van der Waals surface area contributed by atoms with Crippen LogP contribution < -0.4 is 0 Å². The quantitative estimate of drug-likeness (QED) is 0.0960. The molecule has 0 aromatic carbocycles. The first kappa shape index (κ1) is 48.3. The number of carbonyl (C=O) groups excluding carboxylic acids is 1. The smallest absolute Gasteiger partial charge is 0.438 e. The summed E-state index contributed by atoms with van der Waals surface area (Å²) < 4.78 is 370. The average molecular weight is 826 g/mol. The number of hydrogen-bond donors (Lipinski definition) is 1. The highest BCUT2D eigenvalue weighted by Gasteiger charge is 3.01. The minimum absolute atomic E-state index is 0.673. The van der Waals surface area contributed by atoms with Gasteiger partial charge < -0.3 is 9.84 Å². The van der Waals surface area contributed by atoms with E-state index >= 15 is 0 Å². The minimum atomic E-state index is -9.88. The van der Waals surface area contributed by atoms with Gasteiger partial charge in [0.05, 0.1) is 6.61 Å². The molecule has 0 aliphatic carbocycles. The Kier molecular flexibility index (Phi) is 12.3. The lowest BCUT2D eigenvalue weighted by molar-refractivity contribution is -0.487. The van der Waals surface area contributed by atoms with Crippen LogP contribution in [0.3, 0.4) is 0 Å². The SMILES string of the molecule is C=C(C)C(=O)OC(CO)CCC(F)(F)C(F)(F)C(F)(F)C(F)(F)C(F)(F)C(F)(F)C(F)(F)C(F)(F)C(F)(F)C(F)(F)C(F)(C(F)(F)F)C(F)(F)F. The topological polar surface area (TPSA) is 46.5 Å². The molecule has 0 rings (SSSR count). The average Bonchev–Trinajstić information content (AvgIpc) is 2.91. The third-order valence-corrected chi connectivity index (χ3v) is 6.43. The standard InChI is InChI=1S/C21H13F27O3/c1-6(2)8(50)51-7(5-49)3-4-9(22,23)11(25,26)13(29,30)15(33,34)17(37,38)19(41,42)18(39,40)16(35,36)14(31,32)12(27,28)10(24,20(43,44)45)21(46,47)48/h7,49H,1,3-5H2,2H3. The van der Waals surface area contributed by atoms with Gasteiger partial charge in [0, 0.05) is 12.0 Å². The van der Waals surface area contributed by atoms with E-state index in [2.05, 4.69) is 11.3 Å². The van der Waals surface area contributed by atoms with Crippen molar-refractivity contribution in [2.75, 3.05) is 6.61 Å². The molecule has 0 radical (unpaired) electrons. The van der Waals surface area contributed by atoms with Crippen molar-refractivity contribution >= 4 is 5.97 Å². The monoisotopic (exact) mass is 826 g/mol. The van der Waals surface area contributed by atoms with Crippen molar-refractivity contribution in [1.29, 1.82) is 0 Å². The van der Waals surface area contributed by atoms with Crippen molar-refractivity contribution in [2.45, 2.75) is 103 Å². The molecule has 0 aromatic heterocycles. The molecular weight excluding hydrogens is 813 g/mol. The number of rotatable bonds is 16. The number of esters is 1. The van der Waals surface area contributed by atoms with Crippen LogP contribution in [0.4, 0.5) is 119 Å². The van der Waals surface area contributed by atoms with Gasteiger partial charge in [0.15, 0.2) is 0 Å². The summed E-state index contributed by atoms with van der Waals surface area (Å²) in [5.74, 6) is -94.3. The van der Waals surface area contributed by atoms with E-state index in [0.29, 0.717) is 0 Å². The third kappa shape index (κ3) is 6.59. The van der Waals surface area contributed by atoms with Gasteiger partial charge in [0.1, 0.15) is 6.10 Å². The zero-order valence-electron chi connectivity index (χ0n) is 23.4. The summed E-state index contributed by atoms with van der Waals surface area (Å²) in [5, 5.41) is 8.86. The zero-order chi connectivity index (χ0) is 42.1. The van der Waals surface area contributed by atoms with E-state index in [1.165, 1.54) is 0 Å². The minimum Gasteiger partial charge on any atom is -0.457 e. The first-order chi connectivity index (χ1) is 21.8. The predicted octanol–water partition coefficient (Wildman–Crippen LogP) is 9.43. The number of ether oxygens (including phenoxy) is 1. The molecule has 1 atom stereocenters. The summed E-state index contributed by atoms with van der Waals surface area (Å²) in [4.78, 5) is 11.3. The summed E-state index contributed by atoms with van der Waals surface area (Å²) in [6.07, 6.45) is -25.3. The lowest BCUT2D eigenvalue weighted by Crippen LogP contribution is -2.79. The molecule has 0 aromatic rings. The molecule has 0 spiro atoms. The number of alkyl halides is 27. The maximum atomic E-state index is 14.0. The zero-order valence-corrected chi connectivity index (χ0v) is 23.4. The number of hydrogen-bond acceptors (Lipinski definition) is 3. The van der Waals surface area contributed by atoms with Gasteiger partial charge in [-0.05, 0) is 13.3 Å². The largest absolute Gasteiger partial charge is 0.457 e. The van der Waals surface area contributed by atoms with E-state index in [1.54, 1.807) is 0 Å². The Bertz CT molecular complexity index is 1260. The predicted molar refractivity (Wildman–Crippen MR) is 106 cm³/mol. The number of aliphatic hydroxyl groups is 1. The molecule has 30 heteroatoms. The summed E-state index contributed by atoms with van der Waals surface area (Å²) in [6, 6.07) is 0. The van der Waals surface area contributed by atoms with Crippen LogP contribution >= 0.6 is 0 Å². The number of carbonyl (C=O) groups is 1.